The van der Waals surface area contributed by atoms with Gasteiger partial charge < -0.3 is 0 Å². The van der Waals surface area contributed by atoms with Gasteiger partial charge in [0.25, 0.3) is 21.6 Å². The maximum atomic E-state index is 13.4. The van der Waals surface area contributed by atoms with Gasteiger partial charge in [-0.2, -0.15) is 5.10 Å². The summed E-state index contributed by atoms with van der Waals surface area (Å²) in [6.45, 7) is 3.07. The molecule has 176 valence electrons. The minimum absolute atomic E-state index is 0.0250. The predicted octanol–water partition coefficient (Wildman–Crippen LogP) is 4.21. The minimum Gasteiger partial charge on any atom is -0.271 e. The molecule has 0 bridgehead atoms. The lowest BCUT2D eigenvalue weighted by atomic mass is 10.2. The SMILES string of the molecule is Cc1ccc(S(=O)(=O)N(CC(=O)N/N=C\c2ccc([N+](=O)[O-])cc2)c2ccc(C)c(Cl)c2)cc1. The van der Waals surface area contributed by atoms with Crippen LogP contribution in [0, 0.1) is 24.0 Å². The first-order valence-electron chi connectivity index (χ1n) is 10.00. The van der Waals surface area contributed by atoms with Gasteiger partial charge in [0.05, 0.1) is 21.7 Å². The molecule has 0 aliphatic rings. The summed E-state index contributed by atoms with van der Waals surface area (Å²) in [6, 6.07) is 16.5. The Morgan fingerprint density at radius 1 is 1.09 bits per heavy atom. The maximum absolute atomic E-state index is 13.4. The van der Waals surface area contributed by atoms with Crippen LogP contribution >= 0.6 is 11.6 Å². The summed E-state index contributed by atoms with van der Waals surface area (Å²) in [5.74, 6) is -0.689. The summed E-state index contributed by atoms with van der Waals surface area (Å²) in [6.07, 6.45) is 1.29. The molecule has 9 nitrogen and oxygen atoms in total. The molecule has 0 spiro atoms. The number of benzene rings is 3. The topological polar surface area (TPSA) is 122 Å². The standard InChI is InChI=1S/C23H21ClN4O5S/c1-16-3-11-21(12-4-16)34(32,33)27(20-8-5-17(2)22(24)13-20)15-23(29)26-25-14-18-6-9-19(10-7-18)28(30)31/h3-14H,15H2,1-2H3,(H,26,29)/b25-14-. The fraction of sp³-hybridized carbons (Fsp3) is 0.130. The molecule has 3 aromatic carbocycles. The number of amides is 1. The number of carbonyl (C=O) groups excluding carboxylic acids is 1. The molecule has 0 aliphatic carbocycles. The quantitative estimate of drug-likeness (QED) is 0.282. The molecule has 0 unspecified atom stereocenters. The van der Waals surface area contributed by atoms with E-state index in [1.807, 2.05) is 6.92 Å². The minimum atomic E-state index is -4.09. The molecule has 1 amide bonds. The van der Waals surface area contributed by atoms with E-state index in [0.717, 1.165) is 15.4 Å². The van der Waals surface area contributed by atoms with E-state index in [-0.39, 0.29) is 16.3 Å². The van der Waals surface area contributed by atoms with Gasteiger partial charge in [-0.1, -0.05) is 35.4 Å². The zero-order chi connectivity index (χ0) is 24.9. The number of non-ortho nitro benzene ring substituents is 1. The lowest BCUT2D eigenvalue weighted by Crippen LogP contribution is -2.39. The molecular weight excluding hydrogens is 480 g/mol. The van der Waals surface area contributed by atoms with Gasteiger partial charge in [-0.15, -0.1) is 0 Å². The van der Waals surface area contributed by atoms with E-state index in [0.29, 0.717) is 10.6 Å². The van der Waals surface area contributed by atoms with Crippen LogP contribution in [0.2, 0.25) is 5.02 Å². The highest BCUT2D eigenvalue weighted by Gasteiger charge is 2.27. The number of nitrogens with one attached hydrogen (secondary N) is 1. The number of aryl methyl sites for hydroxylation is 2. The highest BCUT2D eigenvalue weighted by atomic mass is 35.5. The summed E-state index contributed by atoms with van der Waals surface area (Å²) < 4.78 is 27.7. The zero-order valence-electron chi connectivity index (χ0n) is 18.3. The summed E-state index contributed by atoms with van der Waals surface area (Å²) in [5.41, 5.74) is 4.60. The number of nitro benzene ring substituents is 1. The second-order valence-corrected chi connectivity index (χ2v) is 9.67. The third kappa shape index (κ3) is 5.97. The van der Waals surface area contributed by atoms with Gasteiger partial charge in [0.1, 0.15) is 6.54 Å². The van der Waals surface area contributed by atoms with Crippen LogP contribution in [0.1, 0.15) is 16.7 Å². The second-order valence-electron chi connectivity index (χ2n) is 7.40. The number of halogens is 1. The number of hydrogen-bond donors (Lipinski definition) is 1. The van der Waals surface area contributed by atoms with Crippen molar-refractivity contribution in [1.29, 1.82) is 0 Å². The van der Waals surface area contributed by atoms with Crippen molar-refractivity contribution in [2.45, 2.75) is 18.7 Å². The fourth-order valence-corrected chi connectivity index (χ4v) is 4.50. The lowest BCUT2D eigenvalue weighted by molar-refractivity contribution is -0.384. The van der Waals surface area contributed by atoms with Crippen LogP contribution < -0.4 is 9.73 Å². The summed E-state index contributed by atoms with van der Waals surface area (Å²) in [4.78, 5) is 22.8. The normalized spacial score (nSPS) is 11.4. The zero-order valence-corrected chi connectivity index (χ0v) is 19.9. The van der Waals surface area contributed by atoms with Crippen molar-refractivity contribution in [3.8, 4) is 0 Å². The molecule has 0 saturated carbocycles. The first-order chi connectivity index (χ1) is 16.1. The van der Waals surface area contributed by atoms with Crippen molar-refractivity contribution >= 4 is 45.1 Å². The molecule has 0 atom stereocenters. The number of carbonyl (C=O) groups is 1. The van der Waals surface area contributed by atoms with Gasteiger partial charge in [-0.3, -0.25) is 19.2 Å². The monoisotopic (exact) mass is 500 g/mol. The van der Waals surface area contributed by atoms with Crippen LogP contribution in [0.5, 0.6) is 0 Å². The van der Waals surface area contributed by atoms with Gasteiger partial charge in [0, 0.05) is 17.2 Å². The fourth-order valence-electron chi connectivity index (χ4n) is 2.92. The van der Waals surface area contributed by atoms with Crippen LogP contribution in [0.25, 0.3) is 0 Å². The average Bonchev–Trinajstić information content (AvgIpc) is 2.80. The highest BCUT2D eigenvalue weighted by Crippen LogP contribution is 2.28. The van der Waals surface area contributed by atoms with E-state index in [1.165, 1.54) is 48.7 Å². The molecular formula is C23H21ClN4O5S. The van der Waals surface area contributed by atoms with Crippen molar-refractivity contribution in [1.82, 2.24) is 5.43 Å². The van der Waals surface area contributed by atoms with Crippen LogP contribution in [0.4, 0.5) is 11.4 Å². The van der Waals surface area contributed by atoms with E-state index in [2.05, 4.69) is 10.5 Å². The Morgan fingerprint density at radius 2 is 1.74 bits per heavy atom. The van der Waals surface area contributed by atoms with Gasteiger partial charge >= 0.3 is 0 Å². The Kier molecular flexibility index (Phi) is 7.64. The van der Waals surface area contributed by atoms with E-state index < -0.39 is 27.4 Å². The number of nitro groups is 1. The number of rotatable bonds is 8. The van der Waals surface area contributed by atoms with Crippen LogP contribution in [0.3, 0.4) is 0 Å². The third-order valence-corrected chi connectivity index (χ3v) is 7.04. The highest BCUT2D eigenvalue weighted by molar-refractivity contribution is 7.92. The second kappa shape index (κ2) is 10.4. The molecule has 0 aliphatic heterocycles. The maximum Gasteiger partial charge on any atom is 0.269 e. The average molecular weight is 501 g/mol. The largest absolute Gasteiger partial charge is 0.271 e. The van der Waals surface area contributed by atoms with Crippen molar-refractivity contribution in [2.75, 3.05) is 10.8 Å². The number of anilines is 1. The molecule has 3 aromatic rings. The Hall–Kier alpha value is -3.76. The van der Waals surface area contributed by atoms with E-state index in [4.69, 9.17) is 11.6 Å². The molecule has 34 heavy (non-hydrogen) atoms. The first-order valence-corrected chi connectivity index (χ1v) is 11.8. The molecule has 0 aromatic heterocycles. The van der Waals surface area contributed by atoms with E-state index in [9.17, 15) is 23.3 Å². The van der Waals surface area contributed by atoms with E-state index in [1.54, 1.807) is 31.2 Å². The Labute approximate surface area is 201 Å². The molecule has 11 heteroatoms. The van der Waals surface area contributed by atoms with Crippen molar-refractivity contribution < 1.29 is 18.1 Å². The predicted molar refractivity (Wildman–Crippen MR) is 131 cm³/mol. The van der Waals surface area contributed by atoms with Crippen molar-refractivity contribution in [3.63, 3.8) is 0 Å². The molecule has 0 fully saturated rings. The molecule has 1 N–H and O–H groups in total. The Morgan fingerprint density at radius 3 is 2.32 bits per heavy atom. The summed E-state index contributed by atoms with van der Waals surface area (Å²) in [7, 11) is -4.09. The van der Waals surface area contributed by atoms with E-state index >= 15 is 0 Å². The summed E-state index contributed by atoms with van der Waals surface area (Å²) in [5, 5.41) is 14.9. The molecule has 0 heterocycles. The lowest BCUT2D eigenvalue weighted by Gasteiger charge is -2.24. The van der Waals surface area contributed by atoms with Gasteiger partial charge in [-0.25, -0.2) is 13.8 Å². The Bertz CT molecular complexity index is 1340. The smallest absolute Gasteiger partial charge is 0.269 e. The molecule has 0 saturated heterocycles. The van der Waals surface area contributed by atoms with Gasteiger partial charge in [0.2, 0.25) is 0 Å². The molecule has 3 rings (SSSR count). The molecule has 0 radical (unpaired) electrons. The van der Waals surface area contributed by atoms with Crippen molar-refractivity contribution in [2.24, 2.45) is 5.10 Å². The number of hydrogen-bond acceptors (Lipinski definition) is 6. The first kappa shape index (κ1) is 24.9. The Balaban J connectivity index is 1.83. The van der Waals surface area contributed by atoms with Crippen LogP contribution in [-0.2, 0) is 14.8 Å². The third-order valence-electron chi connectivity index (χ3n) is 4.85. The number of hydrazone groups is 1. The summed E-state index contributed by atoms with van der Waals surface area (Å²) >= 11 is 6.21. The number of sulfonamides is 1. The van der Waals surface area contributed by atoms with Gasteiger partial charge in [-0.05, 0) is 61.4 Å². The van der Waals surface area contributed by atoms with Gasteiger partial charge in [0.15, 0.2) is 0 Å². The van der Waals surface area contributed by atoms with Crippen molar-refractivity contribution in [3.05, 3.63) is 98.6 Å². The number of nitrogens with zero attached hydrogens (tertiary/aromatic N) is 3. The van der Waals surface area contributed by atoms with Crippen LogP contribution in [0.15, 0.2) is 76.7 Å². The van der Waals surface area contributed by atoms with Crippen LogP contribution in [-0.4, -0.2) is 32.0 Å².